The Balaban J connectivity index is 1.52. The van der Waals surface area contributed by atoms with Gasteiger partial charge in [0.1, 0.15) is 5.82 Å². The molecule has 184 valence electrons. The van der Waals surface area contributed by atoms with E-state index in [1.54, 1.807) is 24.3 Å². The fourth-order valence-electron chi connectivity index (χ4n) is 4.61. The van der Waals surface area contributed by atoms with Crippen LogP contribution in [0.15, 0.2) is 54.7 Å². The predicted molar refractivity (Wildman–Crippen MR) is 128 cm³/mol. The molecule has 2 heterocycles. The lowest BCUT2D eigenvalue weighted by molar-refractivity contribution is -0.138. The number of piperidine rings is 1. The predicted octanol–water partition coefficient (Wildman–Crippen LogP) is 4.37. The smallest absolute Gasteiger partial charge is 0.369 e. The first-order valence-electron chi connectivity index (χ1n) is 11.9. The summed E-state index contributed by atoms with van der Waals surface area (Å²) in [7, 11) is 0. The fraction of sp³-hybridized carbons (Fsp3) is 0.370. The minimum atomic E-state index is -4.55. The molecule has 35 heavy (non-hydrogen) atoms. The van der Waals surface area contributed by atoms with E-state index in [0.717, 1.165) is 48.8 Å². The van der Waals surface area contributed by atoms with E-state index >= 15 is 0 Å². The average Bonchev–Trinajstić information content (AvgIpc) is 2.83. The highest BCUT2D eigenvalue weighted by molar-refractivity contribution is 5.77. The van der Waals surface area contributed by atoms with Crippen molar-refractivity contribution in [1.29, 1.82) is 0 Å². The van der Waals surface area contributed by atoms with E-state index in [1.165, 1.54) is 5.56 Å². The minimum Gasteiger partial charge on any atom is -0.369 e. The van der Waals surface area contributed by atoms with Crippen molar-refractivity contribution in [2.75, 3.05) is 13.1 Å². The highest BCUT2D eigenvalue weighted by Crippen LogP contribution is 2.32. The molecule has 4 rings (SSSR count). The number of aromatic nitrogens is 2. The first-order chi connectivity index (χ1) is 16.8. The van der Waals surface area contributed by atoms with Gasteiger partial charge in [0.2, 0.25) is 5.91 Å². The van der Waals surface area contributed by atoms with Crippen LogP contribution in [0.4, 0.5) is 13.2 Å². The number of amides is 1. The zero-order chi connectivity index (χ0) is 24.8. The van der Waals surface area contributed by atoms with Crippen LogP contribution in [0.5, 0.6) is 0 Å². The van der Waals surface area contributed by atoms with Gasteiger partial charge < -0.3 is 11.1 Å². The molecule has 0 aliphatic carbocycles. The van der Waals surface area contributed by atoms with Crippen molar-refractivity contribution in [3.63, 3.8) is 0 Å². The molecule has 0 radical (unpaired) electrons. The normalized spacial score (nSPS) is 16.3. The van der Waals surface area contributed by atoms with Crippen molar-refractivity contribution in [2.45, 2.75) is 50.6 Å². The molecule has 3 N–H and O–H groups in total. The number of nitrogens with one attached hydrogen (secondary N) is 1. The Bertz CT molecular complexity index is 1160. The number of alkyl halides is 3. The maximum atomic E-state index is 13.7. The van der Waals surface area contributed by atoms with Gasteiger partial charge in [0, 0.05) is 19.2 Å². The molecule has 0 bridgehead atoms. The second kappa shape index (κ2) is 11.0. The highest BCUT2D eigenvalue weighted by Gasteiger charge is 2.34. The van der Waals surface area contributed by atoms with Crippen LogP contribution in [0, 0.1) is 0 Å². The Kier molecular flexibility index (Phi) is 7.80. The van der Waals surface area contributed by atoms with E-state index in [1.807, 2.05) is 12.1 Å². The summed E-state index contributed by atoms with van der Waals surface area (Å²) in [6.45, 7) is 2.02. The first-order valence-corrected chi connectivity index (χ1v) is 11.9. The molecule has 5 nitrogen and oxygen atoms in total. The van der Waals surface area contributed by atoms with E-state index in [0.29, 0.717) is 24.6 Å². The number of halogens is 3. The molecule has 1 atom stereocenters. The number of hydrogen-bond donors (Lipinski definition) is 2. The maximum absolute atomic E-state index is 13.7. The van der Waals surface area contributed by atoms with Crippen molar-refractivity contribution in [3.8, 4) is 0 Å². The number of nitrogens with two attached hydrogens (primary N) is 1. The van der Waals surface area contributed by atoms with Crippen LogP contribution in [0.2, 0.25) is 0 Å². The molecule has 1 aliphatic rings. The van der Waals surface area contributed by atoms with Crippen LogP contribution < -0.4 is 11.1 Å². The molecule has 1 amide bonds. The van der Waals surface area contributed by atoms with Crippen LogP contribution in [-0.4, -0.2) is 29.0 Å². The summed E-state index contributed by atoms with van der Waals surface area (Å²) in [6.07, 6.45) is -0.565. The maximum Gasteiger partial charge on any atom is 0.419 e. The van der Waals surface area contributed by atoms with Crippen LogP contribution in [-0.2, 0) is 36.7 Å². The second-order valence-corrected chi connectivity index (χ2v) is 9.02. The molecular weight excluding hydrogens is 453 g/mol. The first kappa shape index (κ1) is 24.9. The van der Waals surface area contributed by atoms with Crippen LogP contribution in [0.25, 0.3) is 0 Å². The zero-order valence-electron chi connectivity index (χ0n) is 19.4. The van der Waals surface area contributed by atoms with Crippen LogP contribution >= 0.6 is 0 Å². The second-order valence-electron chi connectivity index (χ2n) is 9.02. The lowest BCUT2D eigenvalue weighted by Crippen LogP contribution is -2.28. The molecule has 0 spiro atoms. The molecule has 1 aliphatic heterocycles. The Hall–Kier alpha value is -3.26. The minimum absolute atomic E-state index is 0.0405. The topological polar surface area (TPSA) is 80.9 Å². The van der Waals surface area contributed by atoms with Gasteiger partial charge in [-0.3, -0.25) is 4.79 Å². The summed E-state index contributed by atoms with van der Waals surface area (Å²) < 4.78 is 41.0. The van der Waals surface area contributed by atoms with Crippen molar-refractivity contribution in [1.82, 2.24) is 15.3 Å². The third-order valence-corrected chi connectivity index (χ3v) is 6.45. The van der Waals surface area contributed by atoms with Gasteiger partial charge in [0.25, 0.3) is 0 Å². The third-order valence-electron chi connectivity index (χ3n) is 6.45. The summed E-state index contributed by atoms with van der Waals surface area (Å²) in [5.74, 6) is 0.359. The monoisotopic (exact) mass is 482 g/mol. The van der Waals surface area contributed by atoms with E-state index in [-0.39, 0.29) is 18.5 Å². The van der Waals surface area contributed by atoms with E-state index < -0.39 is 17.6 Å². The van der Waals surface area contributed by atoms with Crippen molar-refractivity contribution in [3.05, 3.63) is 94.1 Å². The highest BCUT2D eigenvalue weighted by atomic mass is 19.4. The number of hydrogen-bond acceptors (Lipinski definition) is 4. The molecule has 3 aromatic rings. The standard InChI is InChI=1S/C27H29F3N4O/c28-27(29,30)23-17-33-26(14-18-7-9-20(10-8-18)22-6-3-13-32-16-22)34-24(23)12-11-19-4-1-2-5-21(19)15-25(31)35/h1-2,4-5,7-10,17,22,32H,3,6,11-16H2,(H2,31,35). The number of benzene rings is 2. The van der Waals surface area contributed by atoms with Crippen molar-refractivity contribution < 1.29 is 18.0 Å². The number of aryl methyl sites for hydroxylation is 2. The summed E-state index contributed by atoms with van der Waals surface area (Å²) >= 11 is 0. The number of carbonyl (C=O) groups excluding carboxylic acids is 1. The zero-order valence-corrected chi connectivity index (χ0v) is 19.4. The van der Waals surface area contributed by atoms with Gasteiger partial charge in [-0.05, 0) is 60.4 Å². The number of carbonyl (C=O) groups is 1. The Labute approximate surface area is 203 Å². The van der Waals surface area contributed by atoms with Gasteiger partial charge >= 0.3 is 6.18 Å². The number of primary amides is 1. The van der Waals surface area contributed by atoms with Gasteiger partial charge in [-0.1, -0.05) is 48.5 Å². The summed E-state index contributed by atoms with van der Waals surface area (Å²) in [6, 6.07) is 15.3. The lowest BCUT2D eigenvalue weighted by atomic mass is 9.91. The average molecular weight is 483 g/mol. The van der Waals surface area contributed by atoms with Gasteiger partial charge in [0.15, 0.2) is 0 Å². The van der Waals surface area contributed by atoms with E-state index in [2.05, 4.69) is 27.4 Å². The van der Waals surface area contributed by atoms with Gasteiger partial charge in [-0.2, -0.15) is 13.2 Å². The largest absolute Gasteiger partial charge is 0.419 e. The summed E-state index contributed by atoms with van der Waals surface area (Å²) in [4.78, 5) is 19.7. The molecule has 1 unspecified atom stereocenters. The molecule has 1 fully saturated rings. The Morgan fingerprint density at radius 3 is 2.46 bits per heavy atom. The fourth-order valence-corrected chi connectivity index (χ4v) is 4.61. The molecule has 1 saturated heterocycles. The Morgan fingerprint density at radius 2 is 1.80 bits per heavy atom. The number of rotatable bonds is 8. The molecule has 0 saturated carbocycles. The molecular formula is C27H29F3N4O. The molecule has 1 aromatic heterocycles. The summed E-state index contributed by atoms with van der Waals surface area (Å²) in [5.41, 5.74) is 8.17. The van der Waals surface area contributed by atoms with Crippen molar-refractivity contribution in [2.24, 2.45) is 5.73 Å². The van der Waals surface area contributed by atoms with Gasteiger partial charge in [0.05, 0.1) is 17.7 Å². The van der Waals surface area contributed by atoms with E-state index in [9.17, 15) is 18.0 Å². The van der Waals surface area contributed by atoms with E-state index in [4.69, 9.17) is 5.73 Å². The third kappa shape index (κ3) is 6.66. The van der Waals surface area contributed by atoms with Gasteiger partial charge in [-0.15, -0.1) is 0 Å². The van der Waals surface area contributed by atoms with Gasteiger partial charge in [-0.25, -0.2) is 9.97 Å². The van der Waals surface area contributed by atoms with Crippen molar-refractivity contribution >= 4 is 5.91 Å². The number of nitrogens with zero attached hydrogens (tertiary/aromatic N) is 2. The Morgan fingerprint density at radius 1 is 1.06 bits per heavy atom. The SMILES string of the molecule is NC(=O)Cc1ccccc1CCc1nc(Cc2ccc(C3CCCNC3)cc2)ncc1C(F)(F)F. The quantitative estimate of drug-likeness (QED) is 0.500. The summed E-state index contributed by atoms with van der Waals surface area (Å²) in [5, 5.41) is 3.41. The van der Waals surface area contributed by atoms with Crippen LogP contribution in [0.3, 0.4) is 0 Å². The molecule has 2 aromatic carbocycles. The molecule has 8 heteroatoms. The van der Waals surface area contributed by atoms with Crippen LogP contribution in [0.1, 0.15) is 58.1 Å². The lowest BCUT2D eigenvalue weighted by Gasteiger charge is -2.23.